The minimum Gasteiger partial charge on any atom is -0.494 e. The van der Waals surface area contributed by atoms with Crippen LogP contribution >= 0.6 is 24.0 Å². The largest absolute Gasteiger partial charge is 0.494 e. The molecule has 0 atom stereocenters. The normalized spacial score (nSPS) is 10.8. The maximum atomic E-state index is 5.64. The smallest absolute Gasteiger partial charge is 0.190 e. The lowest BCUT2D eigenvalue weighted by atomic mass is 10.3. The molecule has 0 aliphatic heterocycles. The zero-order valence-electron chi connectivity index (χ0n) is 14.2. The molecule has 132 valence electrons. The van der Waals surface area contributed by atoms with E-state index in [0.717, 1.165) is 57.3 Å². The number of aliphatic imine (C=N–C) groups is 1. The van der Waals surface area contributed by atoms with Crippen LogP contribution in [-0.4, -0.2) is 45.9 Å². The molecular formula is C17H30IN3O2. The number of rotatable bonds is 11. The van der Waals surface area contributed by atoms with Crippen molar-refractivity contribution >= 4 is 29.9 Å². The summed E-state index contributed by atoms with van der Waals surface area (Å²) < 4.78 is 11.0. The van der Waals surface area contributed by atoms with E-state index < -0.39 is 0 Å². The standard InChI is InChI=1S/C17H29N3O2.HI/c1-3-21-14-8-7-12-19-17(18-2)20-13-9-15-22-16-10-5-4-6-11-16;/h4-6,10-11H,3,7-9,12-15H2,1-2H3,(H2,18,19,20);1H. The van der Waals surface area contributed by atoms with Gasteiger partial charge in [0.1, 0.15) is 5.75 Å². The Labute approximate surface area is 157 Å². The van der Waals surface area contributed by atoms with Gasteiger partial charge in [-0.1, -0.05) is 18.2 Å². The van der Waals surface area contributed by atoms with Gasteiger partial charge in [0.05, 0.1) is 6.61 Å². The average molecular weight is 435 g/mol. The van der Waals surface area contributed by atoms with Crippen LogP contribution in [-0.2, 0) is 4.74 Å². The van der Waals surface area contributed by atoms with Crippen molar-refractivity contribution in [2.24, 2.45) is 4.99 Å². The molecule has 0 aliphatic rings. The molecule has 0 aromatic heterocycles. The Bertz CT molecular complexity index is 402. The van der Waals surface area contributed by atoms with Crippen LogP contribution in [0.3, 0.4) is 0 Å². The first kappa shape index (κ1) is 22.0. The summed E-state index contributed by atoms with van der Waals surface area (Å²) in [4.78, 5) is 4.20. The summed E-state index contributed by atoms with van der Waals surface area (Å²) in [5, 5.41) is 6.58. The van der Waals surface area contributed by atoms with Crippen molar-refractivity contribution < 1.29 is 9.47 Å². The van der Waals surface area contributed by atoms with E-state index >= 15 is 0 Å². The van der Waals surface area contributed by atoms with Gasteiger partial charge in [0.15, 0.2) is 5.96 Å². The van der Waals surface area contributed by atoms with Crippen molar-refractivity contribution in [3.05, 3.63) is 30.3 Å². The van der Waals surface area contributed by atoms with E-state index in [0.29, 0.717) is 6.61 Å². The highest BCUT2D eigenvalue weighted by Gasteiger charge is 1.97. The average Bonchev–Trinajstić information content (AvgIpc) is 2.56. The lowest BCUT2D eigenvalue weighted by Crippen LogP contribution is -2.38. The second-order valence-electron chi connectivity index (χ2n) is 4.84. The minimum atomic E-state index is 0. The molecule has 0 heterocycles. The fourth-order valence-electron chi connectivity index (χ4n) is 1.89. The minimum absolute atomic E-state index is 0. The molecule has 5 nitrogen and oxygen atoms in total. The van der Waals surface area contributed by atoms with E-state index in [9.17, 15) is 0 Å². The topological polar surface area (TPSA) is 54.9 Å². The first-order chi connectivity index (χ1) is 10.9. The molecule has 0 fully saturated rings. The fraction of sp³-hybridized carbons (Fsp3) is 0.588. The van der Waals surface area contributed by atoms with Crippen LogP contribution in [0.4, 0.5) is 0 Å². The summed E-state index contributed by atoms with van der Waals surface area (Å²) in [6, 6.07) is 9.88. The Morgan fingerprint density at radius 3 is 2.35 bits per heavy atom. The molecule has 2 N–H and O–H groups in total. The molecule has 0 saturated heterocycles. The Morgan fingerprint density at radius 2 is 1.70 bits per heavy atom. The van der Waals surface area contributed by atoms with E-state index in [-0.39, 0.29) is 24.0 Å². The number of ether oxygens (including phenoxy) is 2. The third-order valence-corrected chi connectivity index (χ3v) is 3.06. The number of benzene rings is 1. The van der Waals surface area contributed by atoms with Gasteiger partial charge >= 0.3 is 0 Å². The summed E-state index contributed by atoms with van der Waals surface area (Å²) in [6.45, 7) is 6.09. The van der Waals surface area contributed by atoms with Gasteiger partial charge in [0.2, 0.25) is 0 Å². The fourth-order valence-corrected chi connectivity index (χ4v) is 1.89. The molecule has 0 radical (unpaired) electrons. The molecule has 0 aliphatic carbocycles. The van der Waals surface area contributed by atoms with Crippen LogP contribution in [0.15, 0.2) is 35.3 Å². The first-order valence-electron chi connectivity index (χ1n) is 8.07. The van der Waals surface area contributed by atoms with Crippen molar-refractivity contribution in [1.29, 1.82) is 0 Å². The Balaban J connectivity index is 0.00000484. The van der Waals surface area contributed by atoms with E-state index in [4.69, 9.17) is 9.47 Å². The van der Waals surface area contributed by atoms with Crippen LogP contribution in [0.25, 0.3) is 0 Å². The summed E-state index contributed by atoms with van der Waals surface area (Å²) in [5.74, 6) is 1.76. The lowest BCUT2D eigenvalue weighted by Gasteiger charge is -2.12. The molecular weight excluding hydrogens is 405 g/mol. The third-order valence-electron chi connectivity index (χ3n) is 3.06. The maximum absolute atomic E-state index is 5.64. The van der Waals surface area contributed by atoms with Crippen LogP contribution in [0, 0.1) is 0 Å². The number of hydrogen-bond donors (Lipinski definition) is 2. The summed E-state index contributed by atoms with van der Waals surface area (Å²) in [6.07, 6.45) is 3.08. The van der Waals surface area contributed by atoms with Crippen LogP contribution in [0.5, 0.6) is 5.75 Å². The zero-order valence-corrected chi connectivity index (χ0v) is 16.5. The van der Waals surface area contributed by atoms with Crippen LogP contribution in [0.1, 0.15) is 26.2 Å². The van der Waals surface area contributed by atoms with E-state index in [1.807, 2.05) is 37.3 Å². The van der Waals surface area contributed by atoms with Crippen molar-refractivity contribution in [2.45, 2.75) is 26.2 Å². The summed E-state index contributed by atoms with van der Waals surface area (Å²) >= 11 is 0. The van der Waals surface area contributed by atoms with Crippen molar-refractivity contribution in [1.82, 2.24) is 10.6 Å². The van der Waals surface area contributed by atoms with Gasteiger partial charge in [0.25, 0.3) is 0 Å². The Hall–Kier alpha value is -1.02. The molecule has 0 spiro atoms. The van der Waals surface area contributed by atoms with Crippen LogP contribution < -0.4 is 15.4 Å². The highest BCUT2D eigenvalue weighted by Crippen LogP contribution is 2.07. The molecule has 1 aromatic carbocycles. The zero-order chi connectivity index (χ0) is 15.9. The van der Waals surface area contributed by atoms with E-state index in [2.05, 4.69) is 15.6 Å². The molecule has 6 heteroatoms. The second-order valence-corrected chi connectivity index (χ2v) is 4.84. The predicted molar refractivity (Wildman–Crippen MR) is 107 cm³/mol. The molecule has 0 amide bonds. The maximum Gasteiger partial charge on any atom is 0.190 e. The SMILES string of the molecule is CCOCCCCNC(=NC)NCCCOc1ccccc1.I. The van der Waals surface area contributed by atoms with E-state index in [1.165, 1.54) is 0 Å². The molecule has 0 bridgehead atoms. The van der Waals surface area contributed by atoms with Crippen molar-refractivity contribution in [3.8, 4) is 5.75 Å². The van der Waals surface area contributed by atoms with Gasteiger partial charge < -0.3 is 20.1 Å². The van der Waals surface area contributed by atoms with Gasteiger partial charge in [-0.3, -0.25) is 4.99 Å². The number of guanidine groups is 1. The highest BCUT2D eigenvalue weighted by atomic mass is 127. The van der Waals surface area contributed by atoms with Crippen molar-refractivity contribution in [2.75, 3.05) is 40.0 Å². The van der Waals surface area contributed by atoms with Gasteiger partial charge in [-0.05, 0) is 38.3 Å². The molecule has 1 rings (SSSR count). The Morgan fingerprint density at radius 1 is 1.00 bits per heavy atom. The monoisotopic (exact) mass is 435 g/mol. The lowest BCUT2D eigenvalue weighted by molar-refractivity contribution is 0.143. The molecule has 23 heavy (non-hydrogen) atoms. The molecule has 0 saturated carbocycles. The third kappa shape index (κ3) is 12.1. The quantitative estimate of drug-likeness (QED) is 0.243. The molecule has 0 unspecified atom stereocenters. The van der Waals surface area contributed by atoms with Crippen molar-refractivity contribution in [3.63, 3.8) is 0 Å². The number of nitrogens with one attached hydrogen (secondary N) is 2. The summed E-state index contributed by atoms with van der Waals surface area (Å²) in [7, 11) is 1.79. The second kappa shape index (κ2) is 15.9. The summed E-state index contributed by atoms with van der Waals surface area (Å²) in [5.41, 5.74) is 0. The Kier molecular flexibility index (Phi) is 15.2. The highest BCUT2D eigenvalue weighted by molar-refractivity contribution is 14.0. The van der Waals surface area contributed by atoms with Gasteiger partial charge in [-0.25, -0.2) is 0 Å². The number of hydrogen-bond acceptors (Lipinski definition) is 3. The van der Waals surface area contributed by atoms with Gasteiger partial charge in [0, 0.05) is 33.4 Å². The number of para-hydroxylation sites is 1. The van der Waals surface area contributed by atoms with Crippen LogP contribution in [0.2, 0.25) is 0 Å². The van der Waals surface area contributed by atoms with E-state index in [1.54, 1.807) is 7.05 Å². The van der Waals surface area contributed by atoms with Gasteiger partial charge in [-0.2, -0.15) is 0 Å². The predicted octanol–water partition coefficient (Wildman–Crippen LogP) is 3.06. The number of nitrogens with zero attached hydrogens (tertiary/aromatic N) is 1. The first-order valence-corrected chi connectivity index (χ1v) is 8.07. The van der Waals surface area contributed by atoms with Gasteiger partial charge in [-0.15, -0.1) is 24.0 Å². The molecule has 1 aromatic rings. The number of unbranched alkanes of at least 4 members (excludes halogenated alkanes) is 1. The number of halogens is 1.